The van der Waals surface area contributed by atoms with Crippen molar-refractivity contribution in [3.8, 4) is 5.75 Å². The number of methoxy groups -OCH3 is 1. The number of hydrogen-bond acceptors (Lipinski definition) is 1. The van der Waals surface area contributed by atoms with Gasteiger partial charge < -0.3 is 4.74 Å². The van der Waals surface area contributed by atoms with Crippen LogP contribution in [0.25, 0.3) is 22.9 Å². The summed E-state index contributed by atoms with van der Waals surface area (Å²) < 4.78 is 5.23. The Labute approximate surface area is 119 Å². The Morgan fingerprint density at radius 1 is 0.700 bits per heavy atom. The molecule has 0 amide bonds. The molecule has 0 aliphatic carbocycles. The lowest BCUT2D eigenvalue weighted by Crippen LogP contribution is -1.82. The molecule has 0 saturated carbocycles. The van der Waals surface area contributed by atoms with Gasteiger partial charge in [0, 0.05) is 0 Å². The first-order valence-electron chi connectivity index (χ1n) is 6.66. The third-order valence-electron chi connectivity index (χ3n) is 3.34. The largest absolute Gasteiger partial charge is 0.497 e. The highest BCUT2D eigenvalue weighted by molar-refractivity contribution is 5.86. The Morgan fingerprint density at radius 3 is 2.25 bits per heavy atom. The van der Waals surface area contributed by atoms with Crippen molar-refractivity contribution in [2.75, 3.05) is 7.11 Å². The average Bonchev–Trinajstić information content (AvgIpc) is 2.53. The summed E-state index contributed by atoms with van der Waals surface area (Å²) in [6.45, 7) is 0. The lowest BCUT2D eigenvalue weighted by Gasteiger charge is -2.01. The smallest absolute Gasteiger partial charge is 0.119 e. The van der Waals surface area contributed by atoms with Crippen LogP contribution in [0.3, 0.4) is 0 Å². The molecule has 98 valence electrons. The van der Waals surface area contributed by atoms with Crippen molar-refractivity contribution in [1.29, 1.82) is 0 Å². The molecule has 1 heteroatoms. The molecule has 0 aliphatic rings. The second-order valence-electron chi connectivity index (χ2n) is 4.72. The molecule has 0 aliphatic heterocycles. The minimum absolute atomic E-state index is 0.880. The van der Waals surface area contributed by atoms with Crippen LogP contribution in [0.15, 0.2) is 66.7 Å². The normalized spacial score (nSPS) is 11.1. The minimum Gasteiger partial charge on any atom is -0.497 e. The number of benzene rings is 3. The number of hydrogen-bond donors (Lipinski definition) is 0. The molecule has 0 atom stereocenters. The Balaban J connectivity index is 1.89. The van der Waals surface area contributed by atoms with Crippen LogP contribution >= 0.6 is 0 Å². The Bertz CT molecular complexity index is 756. The van der Waals surface area contributed by atoms with E-state index in [1.165, 1.54) is 16.3 Å². The molecule has 0 fully saturated rings. The standard InChI is InChI=1S/C19H16O/c1-20-19-8-4-5-15(14-19)9-10-16-11-12-17-6-2-3-7-18(17)13-16/h2-14H,1H3/b10-9-. The first-order valence-corrected chi connectivity index (χ1v) is 6.66. The van der Waals surface area contributed by atoms with E-state index in [2.05, 4.69) is 60.7 Å². The van der Waals surface area contributed by atoms with E-state index in [-0.39, 0.29) is 0 Å². The summed E-state index contributed by atoms with van der Waals surface area (Å²) in [4.78, 5) is 0. The second-order valence-corrected chi connectivity index (χ2v) is 4.72. The summed E-state index contributed by atoms with van der Waals surface area (Å²) in [7, 11) is 1.69. The highest BCUT2D eigenvalue weighted by Gasteiger charge is 1.94. The summed E-state index contributed by atoms with van der Waals surface area (Å²) in [6.07, 6.45) is 4.23. The Morgan fingerprint density at radius 2 is 1.45 bits per heavy atom. The molecular weight excluding hydrogens is 244 g/mol. The summed E-state index contributed by atoms with van der Waals surface area (Å²) in [6, 6.07) is 22.9. The molecule has 0 aromatic heterocycles. The summed E-state index contributed by atoms with van der Waals surface area (Å²) in [5.41, 5.74) is 2.34. The SMILES string of the molecule is COc1cccc(/C=C\c2ccc3ccccc3c2)c1. The average molecular weight is 260 g/mol. The van der Waals surface area contributed by atoms with Crippen molar-refractivity contribution in [2.24, 2.45) is 0 Å². The van der Waals surface area contributed by atoms with Crippen LogP contribution in [0.2, 0.25) is 0 Å². The molecule has 3 rings (SSSR count). The lowest BCUT2D eigenvalue weighted by molar-refractivity contribution is 0.414. The molecule has 3 aromatic carbocycles. The van der Waals surface area contributed by atoms with Gasteiger partial charge >= 0.3 is 0 Å². The molecule has 1 nitrogen and oxygen atoms in total. The van der Waals surface area contributed by atoms with Crippen LogP contribution in [0.5, 0.6) is 5.75 Å². The fraction of sp³-hybridized carbons (Fsp3) is 0.0526. The van der Waals surface area contributed by atoms with Crippen LogP contribution in [-0.2, 0) is 0 Å². The molecule has 0 spiro atoms. The van der Waals surface area contributed by atoms with Gasteiger partial charge in [0.05, 0.1) is 7.11 Å². The van der Waals surface area contributed by atoms with Gasteiger partial charge in [0.25, 0.3) is 0 Å². The summed E-state index contributed by atoms with van der Waals surface area (Å²) >= 11 is 0. The molecule has 0 N–H and O–H groups in total. The molecule has 3 aromatic rings. The topological polar surface area (TPSA) is 9.23 Å². The van der Waals surface area contributed by atoms with Crippen molar-refractivity contribution < 1.29 is 4.74 Å². The van der Waals surface area contributed by atoms with Gasteiger partial charge in [-0.1, -0.05) is 60.7 Å². The van der Waals surface area contributed by atoms with Crippen molar-refractivity contribution in [2.45, 2.75) is 0 Å². The zero-order valence-electron chi connectivity index (χ0n) is 11.4. The van der Waals surface area contributed by atoms with Gasteiger partial charge in [-0.15, -0.1) is 0 Å². The van der Waals surface area contributed by atoms with Crippen LogP contribution in [0.4, 0.5) is 0 Å². The quantitative estimate of drug-likeness (QED) is 0.601. The summed E-state index contributed by atoms with van der Waals surface area (Å²) in [5.74, 6) is 0.880. The molecule has 0 heterocycles. The number of ether oxygens (including phenoxy) is 1. The van der Waals surface area contributed by atoms with Gasteiger partial charge in [-0.2, -0.15) is 0 Å². The van der Waals surface area contributed by atoms with Crippen LogP contribution in [0, 0.1) is 0 Å². The molecule has 0 radical (unpaired) electrons. The maximum absolute atomic E-state index is 5.23. The molecule has 0 unspecified atom stereocenters. The summed E-state index contributed by atoms with van der Waals surface area (Å²) in [5, 5.41) is 2.53. The molecular formula is C19H16O. The maximum atomic E-state index is 5.23. The van der Waals surface area contributed by atoms with E-state index in [4.69, 9.17) is 4.74 Å². The van der Waals surface area contributed by atoms with Gasteiger partial charge in [0.15, 0.2) is 0 Å². The van der Waals surface area contributed by atoms with Crippen LogP contribution < -0.4 is 4.74 Å². The predicted molar refractivity (Wildman–Crippen MR) is 85.9 cm³/mol. The number of rotatable bonds is 3. The van der Waals surface area contributed by atoms with Gasteiger partial charge in [-0.25, -0.2) is 0 Å². The third kappa shape index (κ3) is 2.72. The Hall–Kier alpha value is -2.54. The zero-order chi connectivity index (χ0) is 13.8. The van der Waals surface area contributed by atoms with Crippen LogP contribution in [0.1, 0.15) is 11.1 Å². The van der Waals surface area contributed by atoms with E-state index >= 15 is 0 Å². The van der Waals surface area contributed by atoms with Gasteiger partial charge in [-0.05, 0) is 40.1 Å². The van der Waals surface area contributed by atoms with Gasteiger partial charge in [-0.3, -0.25) is 0 Å². The van der Waals surface area contributed by atoms with E-state index in [0.717, 1.165) is 11.3 Å². The first kappa shape index (κ1) is 12.5. The molecule has 0 saturated heterocycles. The van der Waals surface area contributed by atoms with Crippen LogP contribution in [-0.4, -0.2) is 7.11 Å². The highest BCUT2D eigenvalue weighted by Crippen LogP contribution is 2.18. The van der Waals surface area contributed by atoms with E-state index < -0.39 is 0 Å². The van der Waals surface area contributed by atoms with E-state index in [1.54, 1.807) is 7.11 Å². The zero-order valence-corrected chi connectivity index (χ0v) is 11.4. The van der Waals surface area contributed by atoms with Crippen molar-refractivity contribution in [3.63, 3.8) is 0 Å². The maximum Gasteiger partial charge on any atom is 0.119 e. The molecule has 0 bridgehead atoms. The van der Waals surface area contributed by atoms with Crippen molar-refractivity contribution >= 4 is 22.9 Å². The fourth-order valence-electron chi connectivity index (χ4n) is 2.25. The lowest BCUT2D eigenvalue weighted by atomic mass is 10.1. The second kappa shape index (κ2) is 5.62. The fourth-order valence-corrected chi connectivity index (χ4v) is 2.25. The first-order chi connectivity index (χ1) is 9.85. The van der Waals surface area contributed by atoms with Gasteiger partial charge in [0.1, 0.15) is 5.75 Å². The highest BCUT2D eigenvalue weighted by atomic mass is 16.5. The minimum atomic E-state index is 0.880. The molecule has 20 heavy (non-hydrogen) atoms. The van der Waals surface area contributed by atoms with Gasteiger partial charge in [0.2, 0.25) is 0 Å². The number of fused-ring (bicyclic) bond motifs is 1. The third-order valence-corrected chi connectivity index (χ3v) is 3.34. The van der Waals surface area contributed by atoms with Crippen molar-refractivity contribution in [3.05, 3.63) is 77.9 Å². The van der Waals surface area contributed by atoms with Crippen molar-refractivity contribution in [1.82, 2.24) is 0 Å². The monoisotopic (exact) mass is 260 g/mol. The van der Waals surface area contributed by atoms with E-state index in [1.807, 2.05) is 18.2 Å². The predicted octanol–water partition coefficient (Wildman–Crippen LogP) is 5.02. The van der Waals surface area contributed by atoms with E-state index in [0.29, 0.717) is 0 Å². The van der Waals surface area contributed by atoms with E-state index in [9.17, 15) is 0 Å². The Kier molecular flexibility index (Phi) is 3.51.